The van der Waals surface area contributed by atoms with E-state index >= 15 is 0 Å². The smallest absolute Gasteiger partial charge is 0.207 e. The first kappa shape index (κ1) is 17.0. The Balaban J connectivity index is 2.02. The fraction of sp³-hybridized carbons (Fsp3) is 0.300. The molecule has 0 saturated heterocycles. The fourth-order valence-corrected chi connectivity index (χ4v) is 3.79. The molecule has 1 aliphatic rings. The van der Waals surface area contributed by atoms with Gasteiger partial charge in [0.05, 0.1) is 0 Å². The number of ketones is 2. The first-order chi connectivity index (χ1) is 12.1. The lowest BCUT2D eigenvalue weighted by Crippen LogP contribution is -2.40. The number of hydrogen-bond acceptors (Lipinski definition) is 4. The Bertz CT molecular complexity index is 771. The number of carbonyl (C=O) groups excluding carboxylic acids is 2. The van der Waals surface area contributed by atoms with E-state index < -0.39 is 16.8 Å². The van der Waals surface area contributed by atoms with Crippen LogP contribution in [0.5, 0.6) is 0 Å². The Morgan fingerprint density at radius 2 is 1.60 bits per heavy atom. The monoisotopic (exact) mass is 337 g/mol. The van der Waals surface area contributed by atoms with Crippen molar-refractivity contribution in [2.45, 2.75) is 18.8 Å². The van der Waals surface area contributed by atoms with Gasteiger partial charge >= 0.3 is 0 Å². The molecule has 5 heteroatoms. The quantitative estimate of drug-likeness (QED) is 0.475. The lowest BCUT2D eigenvalue weighted by atomic mass is 9.66. The molecule has 2 aromatic carbocycles. The Kier molecular flexibility index (Phi) is 5.03. The maximum absolute atomic E-state index is 13.1. The van der Waals surface area contributed by atoms with Gasteiger partial charge in [-0.3, -0.25) is 19.7 Å². The van der Waals surface area contributed by atoms with Gasteiger partial charge in [0.25, 0.3) is 0 Å². The summed E-state index contributed by atoms with van der Waals surface area (Å²) in [4.78, 5) is 36.0. The van der Waals surface area contributed by atoms with Crippen molar-refractivity contribution in [2.24, 2.45) is 11.8 Å². The van der Waals surface area contributed by atoms with Crippen LogP contribution in [0.15, 0.2) is 60.7 Å². The van der Waals surface area contributed by atoms with E-state index in [1.54, 1.807) is 24.3 Å². The Morgan fingerprint density at radius 3 is 2.20 bits per heavy atom. The van der Waals surface area contributed by atoms with Crippen LogP contribution in [0.25, 0.3) is 0 Å². The third kappa shape index (κ3) is 3.82. The molecule has 0 spiro atoms. The molecule has 25 heavy (non-hydrogen) atoms. The van der Waals surface area contributed by atoms with E-state index in [9.17, 15) is 19.7 Å². The number of nitro groups is 1. The summed E-state index contributed by atoms with van der Waals surface area (Å²) in [6.45, 7) is -0.363. The van der Waals surface area contributed by atoms with Crippen LogP contribution in [0.4, 0.5) is 0 Å². The highest BCUT2D eigenvalue weighted by Gasteiger charge is 2.44. The largest absolute Gasteiger partial charge is 0.300 e. The van der Waals surface area contributed by atoms with Gasteiger partial charge in [0, 0.05) is 41.1 Å². The maximum Gasteiger partial charge on any atom is 0.207 e. The summed E-state index contributed by atoms with van der Waals surface area (Å²) in [7, 11) is 0. The highest BCUT2D eigenvalue weighted by molar-refractivity contribution is 6.00. The summed E-state index contributed by atoms with van der Waals surface area (Å²) < 4.78 is 0. The second-order valence-electron chi connectivity index (χ2n) is 6.50. The van der Waals surface area contributed by atoms with Crippen LogP contribution < -0.4 is 0 Å². The molecule has 1 fully saturated rings. The molecular weight excluding hydrogens is 318 g/mol. The highest BCUT2D eigenvalue weighted by Crippen LogP contribution is 2.41. The number of rotatable bonds is 5. The van der Waals surface area contributed by atoms with E-state index in [2.05, 4.69) is 0 Å². The molecule has 128 valence electrons. The average Bonchev–Trinajstić information content (AvgIpc) is 2.62. The van der Waals surface area contributed by atoms with Crippen molar-refractivity contribution in [2.75, 3.05) is 6.54 Å². The molecule has 0 unspecified atom stereocenters. The van der Waals surface area contributed by atoms with Gasteiger partial charge in [-0.15, -0.1) is 0 Å². The molecule has 0 N–H and O–H groups in total. The number of hydrogen-bond donors (Lipinski definition) is 0. The zero-order valence-electron chi connectivity index (χ0n) is 13.7. The summed E-state index contributed by atoms with van der Waals surface area (Å²) in [5, 5.41) is 11.1. The van der Waals surface area contributed by atoms with E-state index in [1.807, 2.05) is 36.4 Å². The zero-order valence-corrected chi connectivity index (χ0v) is 13.7. The van der Waals surface area contributed by atoms with Gasteiger partial charge in [-0.2, -0.15) is 0 Å². The predicted molar refractivity (Wildman–Crippen MR) is 93.0 cm³/mol. The van der Waals surface area contributed by atoms with Gasteiger partial charge < -0.3 is 0 Å². The van der Waals surface area contributed by atoms with Gasteiger partial charge in [0.2, 0.25) is 6.54 Å². The van der Waals surface area contributed by atoms with Crippen LogP contribution >= 0.6 is 0 Å². The molecule has 5 nitrogen and oxygen atoms in total. The van der Waals surface area contributed by atoms with Crippen molar-refractivity contribution < 1.29 is 14.5 Å². The van der Waals surface area contributed by atoms with Crippen LogP contribution in [0.3, 0.4) is 0 Å². The van der Waals surface area contributed by atoms with Crippen LogP contribution in [0.2, 0.25) is 0 Å². The Morgan fingerprint density at radius 1 is 1.00 bits per heavy atom. The molecule has 3 rings (SSSR count). The molecule has 2 aromatic rings. The standard InChI is InChI=1S/C20H19NO4/c22-17-11-16(13-21(24)25)19(20(23)15-9-5-2-6-10-15)18(12-17)14-7-3-1-4-8-14/h1-10,16,18-19H,11-13H2/t16-,18+,19-/m0/s1. The molecule has 0 amide bonds. The number of nitrogens with zero attached hydrogens (tertiary/aromatic N) is 1. The normalized spacial score (nSPS) is 23.2. The summed E-state index contributed by atoms with van der Waals surface area (Å²) in [6, 6.07) is 18.2. The molecule has 0 aliphatic heterocycles. The van der Waals surface area contributed by atoms with Gasteiger partial charge in [0.15, 0.2) is 5.78 Å². The first-order valence-corrected chi connectivity index (χ1v) is 8.34. The van der Waals surface area contributed by atoms with E-state index in [0.717, 1.165) is 5.56 Å². The van der Waals surface area contributed by atoms with Gasteiger partial charge in [0.1, 0.15) is 5.78 Å². The third-order valence-electron chi connectivity index (χ3n) is 4.85. The Labute approximate surface area is 145 Å². The minimum absolute atomic E-state index is 0.0159. The van der Waals surface area contributed by atoms with Crippen LogP contribution in [-0.4, -0.2) is 23.0 Å². The first-order valence-electron chi connectivity index (χ1n) is 8.34. The number of Topliss-reactive ketones (excluding diaryl/α,β-unsaturated/α-hetero) is 2. The van der Waals surface area contributed by atoms with E-state index in [0.29, 0.717) is 5.56 Å². The lowest BCUT2D eigenvalue weighted by Gasteiger charge is -2.35. The second-order valence-corrected chi connectivity index (χ2v) is 6.50. The fourth-order valence-electron chi connectivity index (χ4n) is 3.79. The lowest BCUT2D eigenvalue weighted by molar-refractivity contribution is -0.489. The predicted octanol–water partition coefficient (Wildman–Crippen LogP) is 3.53. The van der Waals surface area contributed by atoms with E-state index in [1.165, 1.54) is 0 Å². The summed E-state index contributed by atoms with van der Waals surface area (Å²) >= 11 is 0. The van der Waals surface area contributed by atoms with Gasteiger partial charge in [-0.25, -0.2) is 0 Å². The highest BCUT2D eigenvalue weighted by atomic mass is 16.6. The summed E-state index contributed by atoms with van der Waals surface area (Å²) in [5.74, 6) is -1.59. The summed E-state index contributed by atoms with van der Waals surface area (Å²) in [6.07, 6.45) is 0.342. The molecule has 3 atom stereocenters. The number of benzene rings is 2. The van der Waals surface area contributed by atoms with Crippen LogP contribution in [0.1, 0.15) is 34.7 Å². The van der Waals surface area contributed by atoms with E-state index in [-0.39, 0.29) is 36.9 Å². The molecule has 0 bridgehead atoms. The van der Waals surface area contributed by atoms with Crippen molar-refractivity contribution in [3.8, 4) is 0 Å². The molecule has 0 radical (unpaired) electrons. The minimum Gasteiger partial charge on any atom is -0.300 e. The van der Waals surface area contributed by atoms with E-state index in [4.69, 9.17) is 0 Å². The van der Waals surface area contributed by atoms with Crippen molar-refractivity contribution in [3.05, 3.63) is 81.9 Å². The number of carbonyl (C=O) groups is 2. The summed E-state index contributed by atoms with van der Waals surface area (Å²) in [5.41, 5.74) is 1.43. The average molecular weight is 337 g/mol. The Hall–Kier alpha value is -2.82. The molecule has 0 aromatic heterocycles. The molecule has 1 aliphatic carbocycles. The van der Waals surface area contributed by atoms with Crippen LogP contribution in [0, 0.1) is 22.0 Å². The third-order valence-corrected chi connectivity index (χ3v) is 4.85. The maximum atomic E-state index is 13.1. The van der Waals surface area contributed by atoms with Gasteiger partial charge in [-0.05, 0) is 5.56 Å². The molecule has 1 saturated carbocycles. The van der Waals surface area contributed by atoms with Crippen molar-refractivity contribution >= 4 is 11.6 Å². The second kappa shape index (κ2) is 7.38. The minimum atomic E-state index is -0.575. The molecular formula is C20H19NO4. The van der Waals surface area contributed by atoms with Crippen molar-refractivity contribution in [1.29, 1.82) is 0 Å². The SMILES string of the molecule is O=C1C[C@@H](C[N+](=O)[O-])[C@H](C(=O)c2ccccc2)[C@@H](c2ccccc2)C1. The zero-order chi connectivity index (χ0) is 17.8. The molecule has 0 heterocycles. The van der Waals surface area contributed by atoms with Gasteiger partial charge in [-0.1, -0.05) is 60.7 Å². The van der Waals surface area contributed by atoms with Crippen molar-refractivity contribution in [3.63, 3.8) is 0 Å². The van der Waals surface area contributed by atoms with Crippen molar-refractivity contribution in [1.82, 2.24) is 0 Å². The topological polar surface area (TPSA) is 77.3 Å². The van der Waals surface area contributed by atoms with Crippen LogP contribution in [-0.2, 0) is 4.79 Å².